The SMILES string of the molecule is CCC(NC(=O)NC(C)CCCO)c1c(C)noc1C. The average molecular weight is 283 g/mol. The number of aryl methyl sites for hydroxylation is 2. The molecule has 1 aromatic rings. The van der Waals surface area contributed by atoms with E-state index in [9.17, 15) is 4.79 Å². The van der Waals surface area contributed by atoms with Crippen LogP contribution < -0.4 is 10.6 Å². The molecule has 114 valence electrons. The number of carbonyl (C=O) groups is 1. The summed E-state index contributed by atoms with van der Waals surface area (Å²) in [5.74, 6) is 0.739. The van der Waals surface area contributed by atoms with Crippen molar-refractivity contribution in [3.05, 3.63) is 17.0 Å². The van der Waals surface area contributed by atoms with E-state index < -0.39 is 0 Å². The minimum atomic E-state index is -0.206. The van der Waals surface area contributed by atoms with Gasteiger partial charge in [-0.05, 0) is 40.0 Å². The predicted molar refractivity (Wildman–Crippen MR) is 76.5 cm³/mol. The number of carbonyl (C=O) groups excluding carboxylic acids is 1. The molecule has 0 fully saturated rings. The molecule has 2 amide bonds. The van der Waals surface area contributed by atoms with Crippen LogP contribution in [0.3, 0.4) is 0 Å². The molecule has 0 aliphatic rings. The van der Waals surface area contributed by atoms with Gasteiger partial charge >= 0.3 is 6.03 Å². The molecule has 0 radical (unpaired) electrons. The lowest BCUT2D eigenvalue weighted by molar-refractivity contribution is 0.230. The molecule has 2 unspecified atom stereocenters. The molecule has 0 aliphatic carbocycles. The third-order valence-electron chi connectivity index (χ3n) is 3.32. The monoisotopic (exact) mass is 283 g/mol. The van der Waals surface area contributed by atoms with Gasteiger partial charge in [0.2, 0.25) is 0 Å². The van der Waals surface area contributed by atoms with Crippen LogP contribution in [0.25, 0.3) is 0 Å². The van der Waals surface area contributed by atoms with Crippen molar-refractivity contribution in [3.8, 4) is 0 Å². The fraction of sp³-hybridized carbons (Fsp3) is 0.714. The Balaban J connectivity index is 2.58. The molecule has 20 heavy (non-hydrogen) atoms. The number of amides is 2. The maximum atomic E-state index is 12.0. The lowest BCUT2D eigenvalue weighted by Gasteiger charge is -2.20. The van der Waals surface area contributed by atoms with E-state index in [-0.39, 0.29) is 24.7 Å². The molecule has 0 spiro atoms. The Hall–Kier alpha value is -1.56. The summed E-state index contributed by atoms with van der Waals surface area (Å²) in [7, 11) is 0. The summed E-state index contributed by atoms with van der Waals surface area (Å²) in [6, 6.07) is -0.280. The van der Waals surface area contributed by atoms with Gasteiger partial charge < -0.3 is 20.3 Å². The third kappa shape index (κ3) is 4.52. The van der Waals surface area contributed by atoms with Gasteiger partial charge in [0, 0.05) is 18.2 Å². The Morgan fingerprint density at radius 2 is 2.10 bits per heavy atom. The van der Waals surface area contributed by atoms with Crippen molar-refractivity contribution >= 4 is 6.03 Å². The molecule has 0 saturated carbocycles. The van der Waals surface area contributed by atoms with Crippen LogP contribution in [0.2, 0.25) is 0 Å². The van der Waals surface area contributed by atoms with Gasteiger partial charge in [0.25, 0.3) is 0 Å². The molecule has 0 aromatic carbocycles. The topological polar surface area (TPSA) is 87.4 Å². The zero-order chi connectivity index (χ0) is 15.1. The van der Waals surface area contributed by atoms with Gasteiger partial charge in [0.15, 0.2) is 0 Å². The number of aliphatic hydroxyl groups is 1. The van der Waals surface area contributed by atoms with Crippen LogP contribution in [0.4, 0.5) is 4.79 Å². The molecule has 1 rings (SSSR count). The number of hydrogen-bond donors (Lipinski definition) is 3. The number of aliphatic hydroxyl groups excluding tert-OH is 1. The molecule has 0 aliphatic heterocycles. The Morgan fingerprint density at radius 3 is 2.60 bits per heavy atom. The highest BCUT2D eigenvalue weighted by Crippen LogP contribution is 2.23. The van der Waals surface area contributed by atoms with E-state index in [0.29, 0.717) is 6.42 Å². The van der Waals surface area contributed by atoms with Gasteiger partial charge in [0.05, 0.1) is 11.7 Å². The van der Waals surface area contributed by atoms with E-state index >= 15 is 0 Å². The van der Waals surface area contributed by atoms with Crippen molar-refractivity contribution in [2.45, 2.75) is 59.0 Å². The van der Waals surface area contributed by atoms with Gasteiger partial charge in [-0.2, -0.15) is 0 Å². The number of nitrogens with one attached hydrogen (secondary N) is 2. The largest absolute Gasteiger partial charge is 0.396 e. The first kappa shape index (κ1) is 16.5. The first-order valence-electron chi connectivity index (χ1n) is 7.10. The van der Waals surface area contributed by atoms with E-state index in [4.69, 9.17) is 9.63 Å². The Bertz CT molecular complexity index is 412. The highest BCUT2D eigenvalue weighted by atomic mass is 16.5. The van der Waals surface area contributed by atoms with Gasteiger partial charge in [-0.15, -0.1) is 0 Å². The van der Waals surface area contributed by atoms with Crippen molar-refractivity contribution in [2.75, 3.05) is 6.61 Å². The van der Waals surface area contributed by atoms with Crippen LogP contribution in [0.1, 0.15) is 56.2 Å². The lowest BCUT2D eigenvalue weighted by atomic mass is 10.0. The second-order valence-electron chi connectivity index (χ2n) is 5.08. The molecule has 1 heterocycles. The molecule has 0 saturated heterocycles. The Morgan fingerprint density at radius 1 is 1.40 bits per heavy atom. The highest BCUT2D eigenvalue weighted by molar-refractivity contribution is 5.74. The second kappa shape index (κ2) is 7.89. The standard InChI is InChI=1S/C14H25N3O3/c1-5-12(13-10(3)17-20-11(13)4)16-14(19)15-9(2)7-6-8-18/h9,12,18H,5-8H2,1-4H3,(H2,15,16,19). The van der Waals surface area contributed by atoms with Crippen molar-refractivity contribution in [1.82, 2.24) is 15.8 Å². The fourth-order valence-corrected chi connectivity index (χ4v) is 2.26. The summed E-state index contributed by atoms with van der Waals surface area (Å²) in [5, 5.41) is 18.5. The zero-order valence-electron chi connectivity index (χ0n) is 12.7. The number of urea groups is 1. The van der Waals surface area contributed by atoms with Crippen molar-refractivity contribution in [2.24, 2.45) is 0 Å². The highest BCUT2D eigenvalue weighted by Gasteiger charge is 2.21. The van der Waals surface area contributed by atoms with E-state index in [1.165, 1.54) is 0 Å². The quantitative estimate of drug-likeness (QED) is 0.716. The van der Waals surface area contributed by atoms with E-state index in [0.717, 1.165) is 29.9 Å². The minimum Gasteiger partial charge on any atom is -0.396 e. The molecule has 6 heteroatoms. The van der Waals surface area contributed by atoms with Crippen LogP contribution in [-0.2, 0) is 0 Å². The zero-order valence-corrected chi connectivity index (χ0v) is 12.7. The molecule has 2 atom stereocenters. The summed E-state index contributed by atoms with van der Waals surface area (Å²) in [5.41, 5.74) is 1.76. The molecular weight excluding hydrogens is 258 g/mol. The molecular formula is C14H25N3O3. The maximum Gasteiger partial charge on any atom is 0.315 e. The first-order valence-corrected chi connectivity index (χ1v) is 7.10. The average Bonchev–Trinajstić information content (AvgIpc) is 2.73. The number of hydrogen-bond acceptors (Lipinski definition) is 4. The predicted octanol–water partition coefficient (Wildman–Crippen LogP) is 2.20. The van der Waals surface area contributed by atoms with Crippen LogP contribution >= 0.6 is 0 Å². The summed E-state index contributed by atoms with van der Waals surface area (Å²) in [6.07, 6.45) is 2.20. The van der Waals surface area contributed by atoms with Gasteiger partial charge in [0.1, 0.15) is 5.76 Å². The van der Waals surface area contributed by atoms with Gasteiger partial charge in [-0.25, -0.2) is 4.79 Å². The van der Waals surface area contributed by atoms with Crippen LogP contribution in [0.15, 0.2) is 4.52 Å². The van der Waals surface area contributed by atoms with Crippen LogP contribution in [0.5, 0.6) is 0 Å². The maximum absolute atomic E-state index is 12.0. The molecule has 1 aromatic heterocycles. The normalized spacial score (nSPS) is 13.8. The number of nitrogens with zero attached hydrogens (tertiary/aromatic N) is 1. The smallest absolute Gasteiger partial charge is 0.315 e. The van der Waals surface area contributed by atoms with Crippen molar-refractivity contribution in [1.29, 1.82) is 0 Å². The van der Waals surface area contributed by atoms with Crippen LogP contribution in [-0.4, -0.2) is 28.9 Å². The third-order valence-corrected chi connectivity index (χ3v) is 3.32. The van der Waals surface area contributed by atoms with Gasteiger partial charge in [-0.1, -0.05) is 12.1 Å². The first-order chi connectivity index (χ1) is 9.49. The van der Waals surface area contributed by atoms with E-state index in [2.05, 4.69) is 15.8 Å². The van der Waals surface area contributed by atoms with E-state index in [1.54, 1.807) is 0 Å². The summed E-state index contributed by atoms with van der Waals surface area (Å²) >= 11 is 0. The van der Waals surface area contributed by atoms with Crippen molar-refractivity contribution < 1.29 is 14.4 Å². The Labute approximate surface area is 119 Å². The fourth-order valence-electron chi connectivity index (χ4n) is 2.26. The molecule has 6 nitrogen and oxygen atoms in total. The Kier molecular flexibility index (Phi) is 6.51. The summed E-state index contributed by atoms with van der Waals surface area (Å²) in [6.45, 7) is 7.79. The number of aromatic nitrogens is 1. The van der Waals surface area contributed by atoms with Gasteiger partial charge in [-0.3, -0.25) is 0 Å². The summed E-state index contributed by atoms with van der Waals surface area (Å²) < 4.78 is 5.14. The number of rotatable bonds is 7. The molecule has 0 bridgehead atoms. The summed E-state index contributed by atoms with van der Waals surface area (Å²) in [4.78, 5) is 12.0. The lowest BCUT2D eigenvalue weighted by Crippen LogP contribution is -2.42. The minimum absolute atomic E-state index is 0.0318. The molecule has 3 N–H and O–H groups in total. The van der Waals surface area contributed by atoms with E-state index in [1.807, 2.05) is 27.7 Å². The van der Waals surface area contributed by atoms with Crippen molar-refractivity contribution in [3.63, 3.8) is 0 Å². The van der Waals surface area contributed by atoms with Crippen LogP contribution in [0, 0.1) is 13.8 Å². The second-order valence-corrected chi connectivity index (χ2v) is 5.08.